The highest BCUT2D eigenvalue weighted by Crippen LogP contribution is 2.26. The van der Waals surface area contributed by atoms with E-state index in [0.717, 1.165) is 24.2 Å². The van der Waals surface area contributed by atoms with Crippen molar-refractivity contribution >= 4 is 12.0 Å². The molecule has 1 aliphatic carbocycles. The molecule has 110 valence electrons. The van der Waals surface area contributed by atoms with Crippen LogP contribution in [0.1, 0.15) is 19.8 Å². The van der Waals surface area contributed by atoms with Gasteiger partial charge in [0.1, 0.15) is 6.04 Å². The van der Waals surface area contributed by atoms with Crippen LogP contribution in [-0.2, 0) is 9.53 Å². The third-order valence-electron chi connectivity index (χ3n) is 3.59. The molecular formula is C14H21N3O3. The minimum absolute atomic E-state index is 0.106. The Morgan fingerprint density at radius 2 is 2.25 bits per heavy atom. The summed E-state index contributed by atoms with van der Waals surface area (Å²) < 4.78 is 4.86. The van der Waals surface area contributed by atoms with Crippen molar-refractivity contribution in [3.8, 4) is 0 Å². The van der Waals surface area contributed by atoms with Crippen LogP contribution >= 0.6 is 0 Å². The van der Waals surface area contributed by atoms with Crippen molar-refractivity contribution in [3.63, 3.8) is 0 Å². The van der Waals surface area contributed by atoms with Gasteiger partial charge in [0, 0.05) is 26.3 Å². The summed E-state index contributed by atoms with van der Waals surface area (Å²) >= 11 is 0. The molecule has 0 saturated carbocycles. The molecule has 1 heterocycles. The van der Waals surface area contributed by atoms with Gasteiger partial charge in [-0.1, -0.05) is 6.08 Å². The molecule has 0 bridgehead atoms. The van der Waals surface area contributed by atoms with Crippen LogP contribution in [-0.4, -0.2) is 55.1 Å². The fourth-order valence-corrected chi connectivity index (χ4v) is 2.57. The molecule has 0 aromatic rings. The van der Waals surface area contributed by atoms with Gasteiger partial charge in [-0.05, 0) is 25.8 Å². The third kappa shape index (κ3) is 2.79. The smallest absolute Gasteiger partial charge is 0.407 e. The average Bonchev–Trinajstić information content (AvgIpc) is 2.52. The first kappa shape index (κ1) is 14.4. The van der Waals surface area contributed by atoms with Crippen LogP contribution in [0.5, 0.6) is 0 Å². The van der Waals surface area contributed by atoms with Gasteiger partial charge in [0.2, 0.25) is 0 Å². The van der Waals surface area contributed by atoms with Crippen molar-refractivity contribution in [2.24, 2.45) is 0 Å². The number of likely N-dealkylation sites (N-methyl/N-ethyl adjacent to an activating group) is 2. The van der Waals surface area contributed by atoms with E-state index in [1.807, 2.05) is 18.0 Å². The Labute approximate surface area is 119 Å². The molecule has 2 aliphatic rings. The maximum Gasteiger partial charge on any atom is 0.407 e. The number of nitrogens with zero attached hydrogens (tertiary/aromatic N) is 2. The van der Waals surface area contributed by atoms with Gasteiger partial charge >= 0.3 is 6.09 Å². The van der Waals surface area contributed by atoms with Crippen molar-refractivity contribution in [2.75, 3.05) is 27.2 Å². The van der Waals surface area contributed by atoms with Gasteiger partial charge in [-0.25, -0.2) is 4.79 Å². The monoisotopic (exact) mass is 279 g/mol. The van der Waals surface area contributed by atoms with Crippen LogP contribution in [0.2, 0.25) is 0 Å². The normalized spacial score (nSPS) is 22.6. The zero-order valence-electron chi connectivity index (χ0n) is 12.2. The summed E-state index contributed by atoms with van der Waals surface area (Å²) in [5.74, 6) is -0.106. The third-order valence-corrected chi connectivity index (χ3v) is 3.59. The van der Waals surface area contributed by atoms with Crippen molar-refractivity contribution < 1.29 is 14.3 Å². The number of rotatable bonds is 2. The summed E-state index contributed by atoms with van der Waals surface area (Å²) in [6, 6.07) is -0.594. The number of carbonyl (C=O) groups is 2. The lowest BCUT2D eigenvalue weighted by atomic mass is 10.1. The molecule has 1 N–H and O–H groups in total. The lowest BCUT2D eigenvalue weighted by Gasteiger charge is -2.25. The van der Waals surface area contributed by atoms with Gasteiger partial charge in [-0.2, -0.15) is 0 Å². The molecule has 0 radical (unpaired) electrons. The van der Waals surface area contributed by atoms with E-state index in [-0.39, 0.29) is 12.5 Å². The standard InChI is InChI=1S/C14H21N3O3/c1-4-20-14(19)15-10-9-16(2)11-7-5-6-8-12(11)17(3)13(10)18/h5,7,10H,4,6,8-9H2,1-3H3,(H,15,19)/t10-/m0/s1. The highest BCUT2D eigenvalue weighted by Gasteiger charge is 2.33. The predicted octanol–water partition coefficient (Wildman–Crippen LogP) is 1.07. The molecular weight excluding hydrogens is 258 g/mol. The number of alkyl carbamates (subject to hydrolysis) is 1. The maximum atomic E-state index is 12.5. The second-order valence-corrected chi connectivity index (χ2v) is 4.97. The molecule has 1 atom stereocenters. The molecule has 1 aliphatic heterocycles. The highest BCUT2D eigenvalue weighted by atomic mass is 16.5. The first-order valence-electron chi connectivity index (χ1n) is 6.86. The molecule has 2 amide bonds. The number of hydrogen-bond acceptors (Lipinski definition) is 4. The zero-order chi connectivity index (χ0) is 14.7. The molecule has 0 aromatic carbocycles. The van der Waals surface area contributed by atoms with Crippen molar-refractivity contribution in [2.45, 2.75) is 25.8 Å². The van der Waals surface area contributed by atoms with Gasteiger partial charge in [0.25, 0.3) is 5.91 Å². The molecule has 0 saturated heterocycles. The lowest BCUT2D eigenvalue weighted by molar-refractivity contribution is -0.130. The lowest BCUT2D eigenvalue weighted by Crippen LogP contribution is -2.50. The Balaban J connectivity index is 2.19. The molecule has 6 nitrogen and oxygen atoms in total. The van der Waals surface area contributed by atoms with E-state index < -0.39 is 12.1 Å². The number of carbonyl (C=O) groups excluding carboxylic acids is 2. The summed E-state index contributed by atoms with van der Waals surface area (Å²) in [4.78, 5) is 27.7. The summed E-state index contributed by atoms with van der Waals surface area (Å²) in [7, 11) is 3.69. The van der Waals surface area contributed by atoms with Crippen molar-refractivity contribution in [1.29, 1.82) is 0 Å². The second kappa shape index (κ2) is 5.98. The Bertz CT molecular complexity index is 470. The number of ether oxygens (including phenoxy) is 1. The summed E-state index contributed by atoms with van der Waals surface area (Å²) in [6.45, 7) is 2.46. The fourth-order valence-electron chi connectivity index (χ4n) is 2.57. The first-order valence-corrected chi connectivity index (χ1v) is 6.86. The average molecular weight is 279 g/mol. The fraction of sp³-hybridized carbons (Fsp3) is 0.571. The van der Waals surface area contributed by atoms with Crippen LogP contribution in [0.15, 0.2) is 23.5 Å². The van der Waals surface area contributed by atoms with Crippen LogP contribution in [0.3, 0.4) is 0 Å². The second-order valence-electron chi connectivity index (χ2n) is 4.97. The highest BCUT2D eigenvalue weighted by molar-refractivity contribution is 5.87. The van der Waals surface area contributed by atoms with E-state index in [1.54, 1.807) is 18.9 Å². The molecule has 6 heteroatoms. The van der Waals surface area contributed by atoms with Crippen molar-refractivity contribution in [1.82, 2.24) is 15.1 Å². The summed E-state index contributed by atoms with van der Waals surface area (Å²) in [5, 5.41) is 2.64. The van der Waals surface area contributed by atoms with Gasteiger partial charge in [0.05, 0.1) is 12.3 Å². The predicted molar refractivity (Wildman–Crippen MR) is 74.7 cm³/mol. The molecule has 2 rings (SSSR count). The Morgan fingerprint density at radius 1 is 1.50 bits per heavy atom. The summed E-state index contributed by atoms with van der Waals surface area (Å²) in [6.07, 6.45) is 5.36. The summed E-state index contributed by atoms with van der Waals surface area (Å²) in [5.41, 5.74) is 2.05. The molecule has 0 unspecified atom stereocenters. The number of allylic oxidation sites excluding steroid dienone is 3. The molecule has 0 aromatic heterocycles. The minimum Gasteiger partial charge on any atom is -0.450 e. The largest absolute Gasteiger partial charge is 0.450 e. The van der Waals surface area contributed by atoms with Gasteiger partial charge < -0.3 is 19.9 Å². The topological polar surface area (TPSA) is 61.9 Å². The van der Waals surface area contributed by atoms with E-state index in [1.165, 1.54) is 0 Å². The van der Waals surface area contributed by atoms with E-state index in [2.05, 4.69) is 11.4 Å². The van der Waals surface area contributed by atoms with Gasteiger partial charge in [0.15, 0.2) is 0 Å². The van der Waals surface area contributed by atoms with Gasteiger partial charge in [-0.15, -0.1) is 0 Å². The first-order chi connectivity index (χ1) is 9.54. The number of nitrogens with one attached hydrogen (secondary N) is 1. The van der Waals surface area contributed by atoms with E-state index >= 15 is 0 Å². The van der Waals surface area contributed by atoms with Crippen LogP contribution in [0.25, 0.3) is 0 Å². The van der Waals surface area contributed by atoms with E-state index in [9.17, 15) is 9.59 Å². The van der Waals surface area contributed by atoms with Crippen LogP contribution < -0.4 is 5.32 Å². The quantitative estimate of drug-likeness (QED) is 0.821. The molecule has 0 spiro atoms. The number of amides is 2. The van der Waals surface area contributed by atoms with Crippen molar-refractivity contribution in [3.05, 3.63) is 23.5 Å². The number of hydrogen-bond donors (Lipinski definition) is 1. The van der Waals surface area contributed by atoms with Crippen LogP contribution in [0.4, 0.5) is 4.79 Å². The van der Waals surface area contributed by atoms with E-state index in [4.69, 9.17) is 4.74 Å². The Hall–Kier alpha value is -1.98. The van der Waals surface area contributed by atoms with E-state index in [0.29, 0.717) is 6.54 Å². The zero-order valence-corrected chi connectivity index (χ0v) is 12.2. The molecule has 20 heavy (non-hydrogen) atoms. The van der Waals surface area contributed by atoms with Gasteiger partial charge in [-0.3, -0.25) is 4.79 Å². The Kier molecular flexibility index (Phi) is 4.32. The SMILES string of the molecule is CCOC(=O)N[C@H]1CN(C)C2=C(CCC=C2)N(C)C1=O. The Morgan fingerprint density at radius 3 is 2.95 bits per heavy atom. The van der Waals surface area contributed by atoms with Crippen LogP contribution in [0, 0.1) is 0 Å². The molecule has 0 fully saturated rings. The minimum atomic E-state index is -0.594. The maximum absolute atomic E-state index is 12.5.